The van der Waals surface area contributed by atoms with Crippen LogP contribution in [0.1, 0.15) is 35.1 Å². The summed E-state index contributed by atoms with van der Waals surface area (Å²) in [4.78, 5) is 17.3. The molecule has 0 spiro atoms. The van der Waals surface area contributed by atoms with E-state index in [2.05, 4.69) is 27.8 Å². The molecular weight excluding hydrogens is 328 g/mol. The summed E-state index contributed by atoms with van der Waals surface area (Å²) >= 11 is 3.42. The molecule has 0 aliphatic rings. The number of aromatic nitrogens is 2. The van der Waals surface area contributed by atoms with Crippen LogP contribution in [0, 0.1) is 0 Å². The van der Waals surface area contributed by atoms with Crippen molar-refractivity contribution < 1.29 is 4.79 Å². The van der Waals surface area contributed by atoms with Crippen LogP contribution in [-0.4, -0.2) is 15.2 Å². The highest BCUT2D eigenvalue weighted by molar-refractivity contribution is 9.10. The summed E-state index contributed by atoms with van der Waals surface area (Å²) in [6.45, 7) is 2.11. The number of halogens is 1. The highest BCUT2D eigenvalue weighted by Gasteiger charge is 2.19. The van der Waals surface area contributed by atoms with Crippen LogP contribution in [-0.2, 0) is 6.42 Å². The number of rotatable bonds is 4. The Morgan fingerprint density at radius 2 is 1.95 bits per heavy atom. The topological polar surface area (TPSA) is 34.4 Å². The first kappa shape index (κ1) is 14.0. The van der Waals surface area contributed by atoms with Gasteiger partial charge in [0.05, 0.1) is 5.52 Å². The fourth-order valence-corrected chi connectivity index (χ4v) is 3.00. The van der Waals surface area contributed by atoms with Gasteiger partial charge >= 0.3 is 0 Å². The minimum Gasteiger partial charge on any atom is -0.296 e. The van der Waals surface area contributed by atoms with E-state index in [1.165, 1.54) is 0 Å². The summed E-state index contributed by atoms with van der Waals surface area (Å²) in [5, 5.41) is 0. The van der Waals surface area contributed by atoms with Gasteiger partial charge in [-0.2, -0.15) is 0 Å². The van der Waals surface area contributed by atoms with E-state index in [1.807, 2.05) is 53.1 Å². The van der Waals surface area contributed by atoms with Crippen LogP contribution in [0.2, 0.25) is 0 Å². The predicted molar refractivity (Wildman–Crippen MR) is 86.8 cm³/mol. The van der Waals surface area contributed by atoms with E-state index in [-0.39, 0.29) is 5.78 Å². The van der Waals surface area contributed by atoms with Crippen molar-refractivity contribution in [3.8, 4) is 0 Å². The van der Waals surface area contributed by atoms with E-state index in [4.69, 9.17) is 0 Å². The van der Waals surface area contributed by atoms with Crippen LogP contribution in [0.25, 0.3) is 5.52 Å². The molecule has 1 aromatic carbocycles. The number of pyridine rings is 1. The number of imidazole rings is 1. The maximum Gasteiger partial charge on any atom is 0.229 e. The molecule has 0 unspecified atom stereocenters. The first-order valence-corrected chi connectivity index (χ1v) is 7.77. The monoisotopic (exact) mass is 342 g/mol. The van der Waals surface area contributed by atoms with Crippen molar-refractivity contribution in [1.29, 1.82) is 0 Å². The molecule has 3 nitrogen and oxygen atoms in total. The number of aryl methyl sites for hydroxylation is 1. The fraction of sp³-hybridized carbons (Fsp3) is 0.176. The summed E-state index contributed by atoms with van der Waals surface area (Å²) in [6.07, 6.45) is 3.77. The summed E-state index contributed by atoms with van der Waals surface area (Å²) in [5.41, 5.74) is 2.71. The summed E-state index contributed by atoms with van der Waals surface area (Å²) < 4.78 is 2.52. The molecular formula is C17H15BrN2O. The average molecular weight is 343 g/mol. The predicted octanol–water partition coefficient (Wildman–Crippen LogP) is 4.28. The normalized spacial score (nSPS) is 11.0. The van der Waals surface area contributed by atoms with Gasteiger partial charge in [0.1, 0.15) is 4.60 Å². The van der Waals surface area contributed by atoms with E-state index in [9.17, 15) is 4.79 Å². The molecule has 0 amide bonds. The van der Waals surface area contributed by atoms with E-state index < -0.39 is 0 Å². The number of carbonyl (C=O) groups excluding carboxylic acids is 1. The SMILES string of the molecule is CCCc1ccccc1C(=O)c1nc(Br)c2ccccn12. The molecule has 0 saturated heterocycles. The quantitative estimate of drug-likeness (QED) is 0.663. The lowest BCUT2D eigenvalue weighted by Gasteiger charge is -2.07. The third kappa shape index (κ3) is 2.51. The smallest absolute Gasteiger partial charge is 0.229 e. The third-order valence-corrected chi connectivity index (χ3v) is 4.07. The summed E-state index contributed by atoms with van der Waals surface area (Å²) in [5.74, 6) is 0.409. The molecule has 4 heteroatoms. The van der Waals surface area contributed by atoms with E-state index in [0.29, 0.717) is 10.4 Å². The summed E-state index contributed by atoms with van der Waals surface area (Å²) in [6, 6.07) is 13.5. The molecule has 3 aromatic rings. The molecule has 0 atom stereocenters. The van der Waals surface area contributed by atoms with Gasteiger partial charge in [0.25, 0.3) is 0 Å². The highest BCUT2D eigenvalue weighted by Crippen LogP contribution is 2.22. The van der Waals surface area contributed by atoms with Crippen molar-refractivity contribution in [3.63, 3.8) is 0 Å². The van der Waals surface area contributed by atoms with Gasteiger partial charge in [-0.05, 0) is 40.0 Å². The molecule has 2 aromatic heterocycles. The fourth-order valence-electron chi connectivity index (χ4n) is 2.51. The highest BCUT2D eigenvalue weighted by atomic mass is 79.9. The zero-order valence-corrected chi connectivity index (χ0v) is 13.3. The third-order valence-electron chi connectivity index (χ3n) is 3.49. The Balaban J connectivity index is 2.13. The molecule has 2 heterocycles. The number of hydrogen-bond donors (Lipinski definition) is 0. The number of ketones is 1. The van der Waals surface area contributed by atoms with Crippen molar-refractivity contribution in [2.75, 3.05) is 0 Å². The molecule has 21 heavy (non-hydrogen) atoms. The minimum atomic E-state index is -0.0362. The average Bonchev–Trinajstić information content (AvgIpc) is 2.85. The number of carbonyl (C=O) groups is 1. The van der Waals surface area contributed by atoms with Crippen molar-refractivity contribution in [3.05, 3.63) is 70.2 Å². The van der Waals surface area contributed by atoms with Gasteiger partial charge in [-0.3, -0.25) is 9.20 Å². The largest absolute Gasteiger partial charge is 0.296 e. The number of nitrogens with zero attached hydrogens (tertiary/aromatic N) is 2. The molecule has 0 aliphatic heterocycles. The van der Waals surface area contributed by atoms with Gasteiger partial charge < -0.3 is 0 Å². The lowest BCUT2D eigenvalue weighted by molar-refractivity contribution is 0.102. The Kier molecular flexibility index (Phi) is 3.88. The standard InChI is InChI=1S/C17H15BrN2O/c1-2-7-12-8-3-4-9-13(12)15(21)17-19-16(18)14-10-5-6-11-20(14)17/h3-6,8-11H,2,7H2,1H3. The second kappa shape index (κ2) is 5.82. The van der Waals surface area contributed by atoms with E-state index in [1.54, 1.807) is 0 Å². The molecule has 0 bridgehead atoms. The maximum absolute atomic E-state index is 12.9. The molecule has 0 aliphatic carbocycles. The van der Waals surface area contributed by atoms with Gasteiger partial charge in [0.15, 0.2) is 5.82 Å². The Labute approximate surface area is 131 Å². The van der Waals surface area contributed by atoms with Crippen LogP contribution >= 0.6 is 15.9 Å². The van der Waals surface area contributed by atoms with Crippen molar-refractivity contribution in [2.45, 2.75) is 19.8 Å². The lowest BCUT2D eigenvalue weighted by atomic mass is 9.99. The Morgan fingerprint density at radius 3 is 2.76 bits per heavy atom. The van der Waals surface area contributed by atoms with Gasteiger partial charge in [0.2, 0.25) is 5.78 Å². The maximum atomic E-state index is 12.9. The Morgan fingerprint density at radius 1 is 1.19 bits per heavy atom. The van der Waals surface area contributed by atoms with Crippen LogP contribution < -0.4 is 0 Å². The Hall–Kier alpha value is -1.94. The molecule has 3 rings (SSSR count). The van der Waals surface area contributed by atoms with Crippen molar-refractivity contribution in [1.82, 2.24) is 9.38 Å². The molecule has 0 fully saturated rings. The van der Waals surface area contributed by atoms with Crippen molar-refractivity contribution >= 4 is 27.2 Å². The van der Waals surface area contributed by atoms with Crippen LogP contribution in [0.5, 0.6) is 0 Å². The minimum absolute atomic E-state index is 0.0362. The second-order valence-corrected chi connectivity index (χ2v) is 5.67. The summed E-state index contributed by atoms with van der Waals surface area (Å²) in [7, 11) is 0. The van der Waals surface area contributed by atoms with Gasteiger partial charge in [-0.25, -0.2) is 4.98 Å². The van der Waals surface area contributed by atoms with Gasteiger partial charge in [0, 0.05) is 11.8 Å². The zero-order valence-electron chi connectivity index (χ0n) is 11.7. The lowest BCUT2D eigenvalue weighted by Crippen LogP contribution is -2.09. The molecule has 0 radical (unpaired) electrons. The molecule has 0 N–H and O–H groups in total. The van der Waals surface area contributed by atoms with Crippen LogP contribution in [0.3, 0.4) is 0 Å². The Bertz CT molecular complexity index is 807. The van der Waals surface area contributed by atoms with E-state index >= 15 is 0 Å². The van der Waals surface area contributed by atoms with Gasteiger partial charge in [-0.15, -0.1) is 0 Å². The number of hydrogen-bond acceptors (Lipinski definition) is 2. The van der Waals surface area contributed by atoms with Crippen molar-refractivity contribution in [2.24, 2.45) is 0 Å². The number of fused-ring (bicyclic) bond motifs is 1. The van der Waals surface area contributed by atoms with Gasteiger partial charge in [-0.1, -0.05) is 43.7 Å². The first-order valence-electron chi connectivity index (χ1n) is 6.97. The zero-order chi connectivity index (χ0) is 14.8. The van der Waals surface area contributed by atoms with Crippen LogP contribution in [0.4, 0.5) is 0 Å². The van der Waals surface area contributed by atoms with E-state index in [0.717, 1.165) is 29.5 Å². The van der Waals surface area contributed by atoms with Crippen LogP contribution in [0.15, 0.2) is 53.3 Å². The second-order valence-electron chi connectivity index (χ2n) is 4.92. The number of benzene rings is 1. The molecule has 0 saturated carbocycles. The first-order chi connectivity index (χ1) is 10.2. The molecule has 106 valence electrons.